The molecule has 0 atom stereocenters. The van der Waals surface area contributed by atoms with Gasteiger partial charge in [0.15, 0.2) is 11.5 Å². The van der Waals surface area contributed by atoms with Crippen molar-refractivity contribution in [3.05, 3.63) is 162 Å². The molecule has 5 N–H and O–H groups in total. The summed E-state index contributed by atoms with van der Waals surface area (Å²) in [5, 5.41) is 14.6. The Morgan fingerprint density at radius 3 is 1.26 bits per heavy atom. The van der Waals surface area contributed by atoms with Gasteiger partial charge in [-0.25, -0.2) is 25.6 Å². The number of anilines is 2. The van der Waals surface area contributed by atoms with Gasteiger partial charge in [0, 0.05) is 45.5 Å². The molecule has 0 radical (unpaired) electrons. The summed E-state index contributed by atoms with van der Waals surface area (Å²) in [5.74, 6) is -4.20. The first-order valence-electron chi connectivity index (χ1n) is 25.0. The third-order valence-corrected chi connectivity index (χ3v) is 16.4. The molecule has 2 fully saturated rings. The van der Waals surface area contributed by atoms with Crippen molar-refractivity contribution in [3.8, 4) is 23.0 Å². The van der Waals surface area contributed by atoms with Crippen LogP contribution in [0.25, 0.3) is 0 Å². The molecule has 24 heteroatoms. The number of carbonyl (C=O) groups is 4. The van der Waals surface area contributed by atoms with Gasteiger partial charge in [-0.1, -0.05) is 58.5 Å². The maximum absolute atomic E-state index is 14.8. The van der Waals surface area contributed by atoms with Gasteiger partial charge < -0.3 is 30.0 Å². The van der Waals surface area contributed by atoms with Crippen molar-refractivity contribution in [1.82, 2.24) is 10.6 Å². The van der Waals surface area contributed by atoms with Gasteiger partial charge in [0.1, 0.15) is 32.9 Å². The average Bonchev–Trinajstić information content (AvgIpc) is 4.37. The van der Waals surface area contributed by atoms with Crippen molar-refractivity contribution in [2.45, 2.75) is 113 Å². The van der Waals surface area contributed by atoms with E-state index in [9.17, 15) is 44.8 Å². The van der Waals surface area contributed by atoms with Gasteiger partial charge in [-0.15, -0.1) is 0 Å². The Hall–Kier alpha value is -6.68. The first-order valence-corrected chi connectivity index (χ1v) is 29.5. The molecule has 8 rings (SSSR count). The first kappa shape index (κ1) is 61.9. The zero-order valence-corrected chi connectivity index (χ0v) is 49.3. The van der Waals surface area contributed by atoms with E-state index in [1.165, 1.54) is 61.7 Å². The predicted octanol–water partition coefficient (Wildman–Crippen LogP) is 13.6. The number of rotatable bonds is 18. The number of amides is 2. The Labute approximate surface area is 487 Å². The molecule has 430 valence electrons. The minimum atomic E-state index is -4.26. The number of methoxy groups -OCH3 is 1. The van der Waals surface area contributed by atoms with Crippen LogP contribution in [0.4, 0.5) is 20.2 Å². The smallest absolute Gasteiger partial charge is 0.310 e. The zero-order valence-electron chi connectivity index (χ0n) is 44.7. The molecular weight excluding hydrogens is 1180 g/mol. The van der Waals surface area contributed by atoms with Crippen LogP contribution < -0.4 is 29.6 Å². The number of carboxylic acids is 1. The standard InChI is InChI=1S/C29H29Cl2FN2O6S.C28H27Cl2FN2O6S/c1-29(2,3)33-28(36)18-7-9-24(40-25-15-22(32)19(12-20(25)30)14-27(35)39-4)23(13-18)34-41(37,38)26-10-8-17(11-21(26)31)16-5-6-16;1-28(2,3)32-27(36)17-6-8-23(39-24-14-21(31)18(11-19(24)29)13-26(34)35)22(12-17)33-40(37,38)25-9-7-16(10-20(25)30)15-4-5-15/h7-13,15-16,34H,5-6,14H2,1-4H3,(H,33,36);6-12,14-15,33H,4-5,13H2,1-3H3,(H,32,36)(H,34,35). The van der Waals surface area contributed by atoms with Crippen LogP contribution in [0.1, 0.15) is 122 Å². The number of carboxylic acid groups (broad SMARTS) is 1. The lowest BCUT2D eigenvalue weighted by Crippen LogP contribution is -2.40. The maximum Gasteiger partial charge on any atom is 0.310 e. The first-order chi connectivity index (χ1) is 37.8. The van der Waals surface area contributed by atoms with Gasteiger partial charge in [0.05, 0.1) is 51.4 Å². The van der Waals surface area contributed by atoms with E-state index >= 15 is 0 Å². The van der Waals surface area contributed by atoms with E-state index in [1.54, 1.807) is 65.8 Å². The van der Waals surface area contributed by atoms with Crippen molar-refractivity contribution in [2.75, 3.05) is 16.6 Å². The van der Waals surface area contributed by atoms with Gasteiger partial charge in [0.2, 0.25) is 0 Å². The lowest BCUT2D eigenvalue weighted by atomic mass is 10.1. The molecule has 2 aliphatic carbocycles. The molecule has 2 saturated carbocycles. The SMILES string of the molecule is CC(C)(C)NC(=O)c1ccc(Oc2cc(F)c(CC(=O)O)cc2Cl)c(NS(=O)(=O)c2ccc(C3CC3)cc2Cl)c1.COC(=O)Cc1cc(Cl)c(Oc2ccc(C(=O)NC(C)(C)C)cc2NS(=O)(=O)c2ccc(C3CC3)cc2Cl)cc1F. The fourth-order valence-corrected chi connectivity index (χ4v) is 11.6. The molecular formula is C57H56Cl4F2N4O12S2. The average molecular weight is 1230 g/mol. The second kappa shape index (κ2) is 24.8. The molecule has 2 amide bonds. The van der Waals surface area contributed by atoms with Crippen LogP contribution >= 0.6 is 46.4 Å². The Kier molecular flexibility index (Phi) is 19.0. The molecule has 0 spiro atoms. The minimum absolute atomic E-state index is 0.00591. The highest BCUT2D eigenvalue weighted by molar-refractivity contribution is 7.93. The molecule has 16 nitrogen and oxygen atoms in total. The number of carbonyl (C=O) groups excluding carboxylic acids is 3. The number of benzene rings is 6. The molecule has 6 aromatic rings. The lowest BCUT2D eigenvalue weighted by Gasteiger charge is -2.21. The molecule has 0 saturated heterocycles. The minimum Gasteiger partial charge on any atom is -0.481 e. The number of hydrogen-bond donors (Lipinski definition) is 5. The summed E-state index contributed by atoms with van der Waals surface area (Å²) in [6.07, 6.45) is 3.16. The van der Waals surface area contributed by atoms with Crippen LogP contribution in [0.15, 0.2) is 107 Å². The van der Waals surface area contributed by atoms with Crippen LogP contribution in [0.2, 0.25) is 20.1 Å². The predicted molar refractivity (Wildman–Crippen MR) is 306 cm³/mol. The van der Waals surface area contributed by atoms with Crippen molar-refractivity contribution < 1.29 is 64.1 Å². The Morgan fingerprint density at radius 2 is 0.926 bits per heavy atom. The molecule has 81 heavy (non-hydrogen) atoms. The molecule has 0 heterocycles. The highest BCUT2D eigenvalue weighted by atomic mass is 35.5. The van der Waals surface area contributed by atoms with Gasteiger partial charge in [0.25, 0.3) is 31.9 Å². The van der Waals surface area contributed by atoms with Gasteiger partial charge in [-0.05, 0) is 163 Å². The molecule has 0 unspecified atom stereocenters. The largest absolute Gasteiger partial charge is 0.481 e. The molecule has 2 aliphatic rings. The lowest BCUT2D eigenvalue weighted by molar-refractivity contribution is -0.140. The summed E-state index contributed by atoms with van der Waals surface area (Å²) in [6.45, 7) is 10.8. The number of hydrogen-bond acceptors (Lipinski definition) is 11. The monoisotopic (exact) mass is 1230 g/mol. The van der Waals surface area contributed by atoms with E-state index in [1.807, 2.05) is 0 Å². The third-order valence-electron chi connectivity index (χ3n) is 12.1. The quantitative estimate of drug-likeness (QED) is 0.0506. The highest BCUT2D eigenvalue weighted by Gasteiger charge is 2.30. The maximum atomic E-state index is 14.8. The Bertz CT molecular complexity index is 3700. The van der Waals surface area contributed by atoms with Crippen LogP contribution in [0.3, 0.4) is 0 Å². The van der Waals surface area contributed by atoms with E-state index in [0.29, 0.717) is 11.8 Å². The van der Waals surface area contributed by atoms with E-state index in [4.69, 9.17) is 61.0 Å². The van der Waals surface area contributed by atoms with E-state index in [-0.39, 0.29) is 92.9 Å². The third kappa shape index (κ3) is 16.7. The molecule has 0 aromatic heterocycles. The van der Waals surface area contributed by atoms with Gasteiger partial charge >= 0.3 is 11.9 Å². The summed E-state index contributed by atoms with van der Waals surface area (Å²) in [5.41, 5.74) is 0.681. The van der Waals surface area contributed by atoms with E-state index in [2.05, 4.69) is 24.8 Å². The fraction of sp³-hybridized carbons (Fsp3) is 0.298. The zero-order chi connectivity index (χ0) is 59.5. The van der Waals surface area contributed by atoms with Crippen molar-refractivity contribution in [2.24, 2.45) is 0 Å². The summed E-state index contributed by atoms with van der Waals surface area (Å²) in [7, 11) is -7.33. The van der Waals surface area contributed by atoms with Crippen molar-refractivity contribution in [3.63, 3.8) is 0 Å². The number of halogens is 6. The van der Waals surface area contributed by atoms with E-state index < -0.39 is 72.9 Å². The Balaban J connectivity index is 0.000000234. The van der Waals surface area contributed by atoms with Crippen LogP contribution in [-0.2, 0) is 47.2 Å². The molecule has 0 bridgehead atoms. The molecule has 0 aliphatic heterocycles. The van der Waals surface area contributed by atoms with E-state index in [0.717, 1.165) is 55.0 Å². The second-order valence-electron chi connectivity index (χ2n) is 21.2. The summed E-state index contributed by atoms with van der Waals surface area (Å²) in [4.78, 5) is 48.0. The van der Waals surface area contributed by atoms with Crippen LogP contribution in [0.5, 0.6) is 23.0 Å². The number of sulfonamides is 2. The van der Waals surface area contributed by atoms with Crippen molar-refractivity contribution >= 4 is 102 Å². The van der Waals surface area contributed by atoms with Gasteiger partial charge in [-0.3, -0.25) is 28.6 Å². The normalized spacial score (nSPS) is 13.5. The number of ether oxygens (including phenoxy) is 3. The fourth-order valence-electron chi connectivity index (χ4n) is 7.91. The highest BCUT2D eigenvalue weighted by Crippen LogP contribution is 2.44. The van der Waals surface area contributed by atoms with Crippen LogP contribution in [-0.4, -0.2) is 63.9 Å². The van der Waals surface area contributed by atoms with Gasteiger partial charge in [-0.2, -0.15) is 0 Å². The van der Waals surface area contributed by atoms with Crippen molar-refractivity contribution in [1.29, 1.82) is 0 Å². The summed E-state index contributed by atoms with van der Waals surface area (Å²) >= 11 is 25.3. The number of nitrogens with one attached hydrogen (secondary N) is 4. The second-order valence-corrected chi connectivity index (χ2v) is 26.2. The summed E-state index contributed by atoms with van der Waals surface area (Å²) < 4.78 is 104. The van der Waals surface area contributed by atoms with Crippen LogP contribution in [0, 0.1) is 11.6 Å². The number of aliphatic carboxylic acids is 1. The summed E-state index contributed by atoms with van der Waals surface area (Å²) in [6, 6.07) is 21.9. The Morgan fingerprint density at radius 1 is 0.543 bits per heavy atom. The number of esters is 1. The molecule has 6 aromatic carbocycles. The topological polar surface area (TPSA) is 233 Å².